The average Bonchev–Trinajstić information content (AvgIpc) is 2.53. The highest BCUT2D eigenvalue weighted by molar-refractivity contribution is 14.0. The van der Waals surface area contributed by atoms with Crippen LogP contribution in [0.4, 0.5) is 0 Å². The normalized spacial score (nSPS) is 10.9. The topological polar surface area (TPSA) is 54.9 Å². The molecule has 0 aliphatic rings. The molecule has 0 aliphatic carbocycles. The molecule has 1 aromatic rings. The number of hydrogen-bond donors (Lipinski definition) is 2. The fourth-order valence-electron chi connectivity index (χ4n) is 2.16. The van der Waals surface area contributed by atoms with Crippen molar-refractivity contribution in [3.8, 4) is 5.75 Å². The van der Waals surface area contributed by atoms with E-state index in [2.05, 4.69) is 34.7 Å². The first kappa shape index (κ1) is 22.0. The van der Waals surface area contributed by atoms with E-state index in [1.165, 1.54) is 11.1 Å². The molecule has 0 atom stereocenters. The van der Waals surface area contributed by atoms with Crippen molar-refractivity contribution < 1.29 is 9.47 Å². The summed E-state index contributed by atoms with van der Waals surface area (Å²) in [6, 6.07) is 6.25. The number of ether oxygens (including phenoxy) is 2. The number of guanidine groups is 1. The predicted molar refractivity (Wildman–Crippen MR) is 107 cm³/mol. The van der Waals surface area contributed by atoms with E-state index in [0.717, 1.165) is 50.9 Å². The van der Waals surface area contributed by atoms with Crippen LogP contribution in [-0.2, 0) is 11.2 Å². The Kier molecular flexibility index (Phi) is 12.8. The highest BCUT2D eigenvalue weighted by Crippen LogP contribution is 2.19. The van der Waals surface area contributed by atoms with Gasteiger partial charge in [-0.2, -0.15) is 0 Å². The largest absolute Gasteiger partial charge is 0.496 e. The van der Waals surface area contributed by atoms with Crippen molar-refractivity contribution in [2.75, 3.05) is 40.5 Å². The van der Waals surface area contributed by atoms with Crippen LogP contribution in [0.3, 0.4) is 0 Å². The first-order chi connectivity index (χ1) is 10.7. The molecule has 6 heteroatoms. The molecule has 5 nitrogen and oxygen atoms in total. The maximum absolute atomic E-state index is 5.40. The second-order valence-corrected chi connectivity index (χ2v) is 5.04. The molecule has 0 bridgehead atoms. The molecule has 1 rings (SSSR count). The summed E-state index contributed by atoms with van der Waals surface area (Å²) in [5.41, 5.74) is 2.45. The Morgan fingerprint density at radius 1 is 1.22 bits per heavy atom. The highest BCUT2D eigenvalue weighted by Gasteiger charge is 2.04. The SMILES string of the molecule is CCOCCCNC(=NC)NCCc1cc(C)ccc1OC.I. The van der Waals surface area contributed by atoms with Crippen LogP contribution >= 0.6 is 24.0 Å². The number of hydrogen-bond acceptors (Lipinski definition) is 3. The highest BCUT2D eigenvalue weighted by atomic mass is 127. The van der Waals surface area contributed by atoms with Gasteiger partial charge in [-0.1, -0.05) is 17.7 Å². The van der Waals surface area contributed by atoms with Crippen molar-refractivity contribution in [3.05, 3.63) is 29.3 Å². The maximum atomic E-state index is 5.40. The molecule has 0 fully saturated rings. The Labute approximate surface area is 157 Å². The number of aliphatic imine (C=N–C) groups is 1. The van der Waals surface area contributed by atoms with Crippen LogP contribution in [-0.4, -0.2) is 46.4 Å². The van der Waals surface area contributed by atoms with Gasteiger partial charge in [-0.3, -0.25) is 4.99 Å². The van der Waals surface area contributed by atoms with Gasteiger partial charge in [0.1, 0.15) is 5.75 Å². The lowest BCUT2D eigenvalue weighted by molar-refractivity contribution is 0.145. The van der Waals surface area contributed by atoms with E-state index in [4.69, 9.17) is 9.47 Å². The Hall–Kier alpha value is -1.02. The molecule has 1 aromatic carbocycles. The van der Waals surface area contributed by atoms with Gasteiger partial charge in [0.25, 0.3) is 0 Å². The first-order valence-corrected chi connectivity index (χ1v) is 7.87. The molecule has 2 N–H and O–H groups in total. The van der Waals surface area contributed by atoms with E-state index in [1.54, 1.807) is 14.2 Å². The van der Waals surface area contributed by atoms with Crippen molar-refractivity contribution in [2.24, 2.45) is 4.99 Å². The Bertz CT molecular complexity index is 467. The zero-order chi connectivity index (χ0) is 16.2. The summed E-state index contributed by atoms with van der Waals surface area (Å²) in [6.07, 6.45) is 1.87. The molecule has 0 spiro atoms. The zero-order valence-corrected chi connectivity index (χ0v) is 17.0. The van der Waals surface area contributed by atoms with Gasteiger partial charge in [0, 0.05) is 33.4 Å². The van der Waals surface area contributed by atoms with Crippen molar-refractivity contribution in [2.45, 2.75) is 26.7 Å². The maximum Gasteiger partial charge on any atom is 0.190 e. The van der Waals surface area contributed by atoms with E-state index in [0.29, 0.717) is 0 Å². The number of aryl methyl sites for hydroxylation is 1. The molecular formula is C17H30IN3O2. The van der Waals surface area contributed by atoms with Crippen LogP contribution in [0, 0.1) is 6.92 Å². The van der Waals surface area contributed by atoms with Crippen LogP contribution in [0.1, 0.15) is 24.5 Å². The Balaban J connectivity index is 0.00000484. The van der Waals surface area contributed by atoms with Gasteiger partial charge in [-0.25, -0.2) is 0 Å². The fraction of sp³-hybridized carbons (Fsp3) is 0.588. The lowest BCUT2D eigenvalue weighted by Crippen LogP contribution is -2.39. The van der Waals surface area contributed by atoms with Gasteiger partial charge in [0.05, 0.1) is 7.11 Å². The molecule has 0 amide bonds. The van der Waals surface area contributed by atoms with Gasteiger partial charge >= 0.3 is 0 Å². The number of nitrogens with one attached hydrogen (secondary N) is 2. The van der Waals surface area contributed by atoms with E-state index >= 15 is 0 Å². The smallest absolute Gasteiger partial charge is 0.190 e. The predicted octanol–water partition coefficient (Wildman–Crippen LogP) is 2.76. The minimum absolute atomic E-state index is 0. The van der Waals surface area contributed by atoms with Crippen molar-refractivity contribution in [1.82, 2.24) is 10.6 Å². The standard InChI is InChI=1S/C17H29N3O2.HI/c1-5-22-12-6-10-19-17(18-3)20-11-9-15-13-14(2)7-8-16(15)21-4;/h7-8,13H,5-6,9-12H2,1-4H3,(H2,18,19,20);1H. The van der Waals surface area contributed by atoms with Gasteiger partial charge in [0.2, 0.25) is 0 Å². The molecule has 0 heterocycles. The van der Waals surface area contributed by atoms with Gasteiger partial charge in [0.15, 0.2) is 5.96 Å². The van der Waals surface area contributed by atoms with E-state index in [-0.39, 0.29) is 24.0 Å². The van der Waals surface area contributed by atoms with Gasteiger partial charge in [-0.15, -0.1) is 24.0 Å². The zero-order valence-electron chi connectivity index (χ0n) is 14.6. The Morgan fingerprint density at radius 3 is 2.61 bits per heavy atom. The van der Waals surface area contributed by atoms with E-state index in [9.17, 15) is 0 Å². The van der Waals surface area contributed by atoms with Crippen LogP contribution < -0.4 is 15.4 Å². The summed E-state index contributed by atoms with van der Waals surface area (Å²) >= 11 is 0. The number of benzene rings is 1. The first-order valence-electron chi connectivity index (χ1n) is 7.87. The molecule has 0 aliphatic heterocycles. The van der Waals surface area contributed by atoms with Crippen LogP contribution in [0.2, 0.25) is 0 Å². The summed E-state index contributed by atoms with van der Waals surface area (Å²) in [6.45, 7) is 7.31. The third kappa shape index (κ3) is 9.00. The summed E-state index contributed by atoms with van der Waals surface area (Å²) in [4.78, 5) is 4.22. The van der Waals surface area contributed by atoms with Crippen LogP contribution in [0.5, 0.6) is 5.75 Å². The molecule has 23 heavy (non-hydrogen) atoms. The van der Waals surface area contributed by atoms with Gasteiger partial charge in [-0.05, 0) is 38.3 Å². The molecule has 0 aromatic heterocycles. The summed E-state index contributed by atoms with van der Waals surface area (Å²) in [5, 5.41) is 6.60. The Morgan fingerprint density at radius 2 is 1.96 bits per heavy atom. The third-order valence-electron chi connectivity index (χ3n) is 3.31. The molecular weight excluding hydrogens is 405 g/mol. The fourth-order valence-corrected chi connectivity index (χ4v) is 2.16. The number of methoxy groups -OCH3 is 1. The summed E-state index contributed by atoms with van der Waals surface area (Å²) in [7, 11) is 3.49. The lowest BCUT2D eigenvalue weighted by atomic mass is 10.1. The monoisotopic (exact) mass is 435 g/mol. The minimum atomic E-state index is 0. The molecule has 132 valence electrons. The van der Waals surface area contributed by atoms with Crippen molar-refractivity contribution in [1.29, 1.82) is 0 Å². The molecule has 0 saturated heterocycles. The van der Waals surface area contributed by atoms with Crippen LogP contribution in [0.15, 0.2) is 23.2 Å². The quantitative estimate of drug-likeness (QED) is 0.271. The molecule has 0 radical (unpaired) electrons. The van der Waals surface area contributed by atoms with Crippen molar-refractivity contribution in [3.63, 3.8) is 0 Å². The third-order valence-corrected chi connectivity index (χ3v) is 3.31. The second-order valence-electron chi connectivity index (χ2n) is 5.04. The minimum Gasteiger partial charge on any atom is -0.496 e. The number of halogens is 1. The molecule has 0 unspecified atom stereocenters. The van der Waals surface area contributed by atoms with E-state index < -0.39 is 0 Å². The average molecular weight is 435 g/mol. The molecule has 0 saturated carbocycles. The summed E-state index contributed by atoms with van der Waals surface area (Å²) in [5.74, 6) is 1.76. The number of nitrogens with zero attached hydrogens (tertiary/aromatic N) is 1. The van der Waals surface area contributed by atoms with Gasteiger partial charge < -0.3 is 20.1 Å². The number of rotatable bonds is 9. The second kappa shape index (κ2) is 13.4. The van der Waals surface area contributed by atoms with Crippen LogP contribution in [0.25, 0.3) is 0 Å². The van der Waals surface area contributed by atoms with E-state index in [1.807, 2.05) is 13.0 Å². The summed E-state index contributed by atoms with van der Waals surface area (Å²) < 4.78 is 10.7. The van der Waals surface area contributed by atoms with Crippen molar-refractivity contribution >= 4 is 29.9 Å². The lowest BCUT2D eigenvalue weighted by Gasteiger charge is -2.13.